The average molecular weight is 512 g/mol. The van der Waals surface area contributed by atoms with Gasteiger partial charge < -0.3 is 29.2 Å². The van der Waals surface area contributed by atoms with Gasteiger partial charge in [-0.15, -0.1) is 0 Å². The van der Waals surface area contributed by atoms with Gasteiger partial charge in [0.05, 0.1) is 39.0 Å². The van der Waals surface area contributed by atoms with E-state index < -0.39 is 23.7 Å². The number of carbonyl (C=O) groups is 3. The SMILES string of the molecule is COC(=O)c1[nH]c(C)c(/C(O)=C2\C(=O)C(=O)N(CCCN3CCOCC3)C2c2cccc(OC)c2)c1C. The number of rotatable bonds is 8. The zero-order valence-corrected chi connectivity index (χ0v) is 21.6. The number of amides is 1. The molecule has 10 heteroatoms. The van der Waals surface area contributed by atoms with E-state index in [1.54, 1.807) is 45.2 Å². The molecule has 1 amide bonds. The highest BCUT2D eigenvalue weighted by Gasteiger charge is 2.46. The number of likely N-dealkylation sites (tertiary alicyclic amines) is 1. The van der Waals surface area contributed by atoms with Crippen molar-refractivity contribution in [1.29, 1.82) is 0 Å². The van der Waals surface area contributed by atoms with Crippen LogP contribution in [0.25, 0.3) is 5.76 Å². The van der Waals surface area contributed by atoms with Crippen LogP contribution in [0.3, 0.4) is 0 Å². The number of aliphatic hydroxyl groups excluding tert-OH is 1. The molecule has 2 aliphatic heterocycles. The fourth-order valence-electron chi connectivity index (χ4n) is 5.10. The number of ether oxygens (including phenoxy) is 3. The number of benzene rings is 1. The van der Waals surface area contributed by atoms with Crippen LogP contribution in [-0.4, -0.2) is 91.2 Å². The topological polar surface area (TPSA) is 121 Å². The van der Waals surface area contributed by atoms with E-state index in [0.29, 0.717) is 54.3 Å². The molecule has 3 heterocycles. The van der Waals surface area contributed by atoms with Gasteiger partial charge in [0.15, 0.2) is 0 Å². The van der Waals surface area contributed by atoms with Gasteiger partial charge in [0.1, 0.15) is 17.2 Å². The minimum absolute atomic E-state index is 0.0220. The summed E-state index contributed by atoms with van der Waals surface area (Å²) in [4.78, 5) is 45.6. The maximum Gasteiger partial charge on any atom is 0.354 e. The van der Waals surface area contributed by atoms with E-state index in [4.69, 9.17) is 14.2 Å². The highest BCUT2D eigenvalue weighted by atomic mass is 16.5. The number of ketones is 1. The number of carbonyl (C=O) groups excluding carboxylic acids is 3. The second-order valence-electron chi connectivity index (χ2n) is 9.19. The molecule has 0 spiro atoms. The molecular formula is C27H33N3O7. The second-order valence-corrected chi connectivity index (χ2v) is 9.19. The van der Waals surface area contributed by atoms with Crippen LogP contribution in [0.15, 0.2) is 29.8 Å². The van der Waals surface area contributed by atoms with Crippen LogP contribution in [0.2, 0.25) is 0 Å². The number of morpholine rings is 1. The summed E-state index contributed by atoms with van der Waals surface area (Å²) in [5.74, 6) is -1.79. The third-order valence-corrected chi connectivity index (χ3v) is 6.99. The van der Waals surface area contributed by atoms with Gasteiger partial charge in [-0.25, -0.2) is 4.79 Å². The summed E-state index contributed by atoms with van der Waals surface area (Å²) >= 11 is 0. The van der Waals surface area contributed by atoms with Gasteiger partial charge in [-0.2, -0.15) is 0 Å². The predicted molar refractivity (Wildman–Crippen MR) is 135 cm³/mol. The van der Waals surface area contributed by atoms with E-state index in [1.165, 1.54) is 12.0 Å². The predicted octanol–water partition coefficient (Wildman–Crippen LogP) is 2.57. The van der Waals surface area contributed by atoms with Gasteiger partial charge in [-0.1, -0.05) is 12.1 Å². The molecule has 2 aromatic rings. The molecule has 0 saturated carbocycles. The van der Waals surface area contributed by atoms with Crippen molar-refractivity contribution in [1.82, 2.24) is 14.8 Å². The number of esters is 1. The summed E-state index contributed by atoms with van der Waals surface area (Å²) in [6.07, 6.45) is 0.655. The Balaban J connectivity index is 1.76. The number of hydrogen-bond acceptors (Lipinski definition) is 8. The number of H-pyrrole nitrogens is 1. The molecule has 2 N–H and O–H groups in total. The molecule has 0 bridgehead atoms. The molecule has 37 heavy (non-hydrogen) atoms. The number of aliphatic hydroxyl groups is 1. The zero-order valence-electron chi connectivity index (χ0n) is 21.6. The van der Waals surface area contributed by atoms with E-state index in [1.807, 2.05) is 0 Å². The first-order chi connectivity index (χ1) is 17.8. The number of nitrogens with zero attached hydrogens (tertiary/aromatic N) is 2. The highest BCUT2D eigenvalue weighted by molar-refractivity contribution is 6.46. The number of hydrogen-bond donors (Lipinski definition) is 2. The van der Waals surface area contributed by atoms with Crippen molar-refractivity contribution in [3.05, 3.63) is 57.9 Å². The second kappa shape index (κ2) is 11.2. The summed E-state index contributed by atoms with van der Waals surface area (Å²) in [5.41, 5.74) is 2.03. The van der Waals surface area contributed by atoms with E-state index in [9.17, 15) is 19.5 Å². The Kier molecular flexibility index (Phi) is 7.99. The van der Waals surface area contributed by atoms with Crippen LogP contribution in [0.4, 0.5) is 0 Å². The van der Waals surface area contributed by atoms with E-state index in [-0.39, 0.29) is 17.0 Å². The molecule has 0 radical (unpaired) electrons. The van der Waals surface area contributed by atoms with Crippen LogP contribution in [0.5, 0.6) is 5.75 Å². The highest BCUT2D eigenvalue weighted by Crippen LogP contribution is 2.41. The molecule has 1 atom stereocenters. The lowest BCUT2D eigenvalue weighted by molar-refractivity contribution is -0.140. The van der Waals surface area contributed by atoms with Crippen LogP contribution < -0.4 is 4.74 Å². The molecule has 10 nitrogen and oxygen atoms in total. The zero-order chi connectivity index (χ0) is 26.7. The first kappa shape index (κ1) is 26.4. The molecule has 2 aliphatic rings. The van der Waals surface area contributed by atoms with Crippen molar-refractivity contribution < 1.29 is 33.7 Å². The van der Waals surface area contributed by atoms with Crippen molar-refractivity contribution in [2.45, 2.75) is 26.3 Å². The molecule has 1 aromatic carbocycles. The van der Waals surface area contributed by atoms with Gasteiger partial charge in [-0.3, -0.25) is 14.5 Å². The molecule has 198 valence electrons. The Bertz CT molecular complexity index is 1230. The minimum Gasteiger partial charge on any atom is -0.507 e. The van der Waals surface area contributed by atoms with Crippen molar-refractivity contribution in [2.75, 3.05) is 53.6 Å². The number of aromatic amines is 1. The van der Waals surface area contributed by atoms with Gasteiger partial charge in [0, 0.05) is 37.4 Å². The van der Waals surface area contributed by atoms with Gasteiger partial charge >= 0.3 is 5.97 Å². The number of aromatic nitrogens is 1. The fraction of sp³-hybridized carbons (Fsp3) is 0.444. The number of Topliss-reactive ketones (excluding diaryl/α,β-unsaturated/α-hetero) is 1. The van der Waals surface area contributed by atoms with Crippen molar-refractivity contribution in [3.63, 3.8) is 0 Å². The summed E-state index contributed by atoms with van der Waals surface area (Å²) in [5, 5.41) is 11.5. The number of nitrogens with one attached hydrogen (secondary N) is 1. The van der Waals surface area contributed by atoms with Crippen molar-refractivity contribution in [3.8, 4) is 5.75 Å². The minimum atomic E-state index is -0.810. The maximum absolute atomic E-state index is 13.4. The summed E-state index contributed by atoms with van der Waals surface area (Å²) in [6.45, 7) is 7.44. The quantitative estimate of drug-likeness (QED) is 0.240. The van der Waals surface area contributed by atoms with E-state index in [0.717, 1.165) is 19.6 Å². The standard InChI is InChI=1S/C27H33N3O7/c1-16-20(17(2)28-22(16)27(34)36-4)24(31)21-23(18-7-5-8-19(15-18)35-3)30(26(33)25(21)32)10-6-9-29-11-13-37-14-12-29/h5,7-8,15,23,28,31H,6,9-14H2,1-4H3/b24-21+. The first-order valence-corrected chi connectivity index (χ1v) is 12.3. The normalized spacial score (nSPS) is 19.9. The third-order valence-electron chi connectivity index (χ3n) is 6.99. The van der Waals surface area contributed by atoms with Crippen LogP contribution in [0, 0.1) is 13.8 Å². The molecule has 2 saturated heterocycles. The smallest absolute Gasteiger partial charge is 0.354 e. The maximum atomic E-state index is 13.4. The third kappa shape index (κ3) is 5.12. The lowest BCUT2D eigenvalue weighted by Gasteiger charge is -2.29. The number of methoxy groups -OCH3 is 2. The summed E-state index contributed by atoms with van der Waals surface area (Å²) in [7, 11) is 2.81. The van der Waals surface area contributed by atoms with Crippen LogP contribution in [0.1, 0.15) is 45.3 Å². The molecular weight excluding hydrogens is 478 g/mol. The first-order valence-electron chi connectivity index (χ1n) is 12.3. The van der Waals surface area contributed by atoms with Gasteiger partial charge in [0.25, 0.3) is 11.7 Å². The molecule has 1 aromatic heterocycles. The average Bonchev–Trinajstić information content (AvgIpc) is 3.35. The monoisotopic (exact) mass is 511 g/mol. The molecule has 1 unspecified atom stereocenters. The van der Waals surface area contributed by atoms with Crippen molar-refractivity contribution in [2.24, 2.45) is 0 Å². The number of aryl methyl sites for hydroxylation is 1. The van der Waals surface area contributed by atoms with Gasteiger partial charge in [-0.05, 0) is 43.5 Å². The largest absolute Gasteiger partial charge is 0.507 e. The Morgan fingerprint density at radius 2 is 1.89 bits per heavy atom. The van der Waals surface area contributed by atoms with Gasteiger partial charge in [0.2, 0.25) is 0 Å². The Labute approximate surface area is 215 Å². The van der Waals surface area contributed by atoms with E-state index >= 15 is 0 Å². The van der Waals surface area contributed by atoms with Crippen molar-refractivity contribution >= 4 is 23.4 Å². The molecule has 4 rings (SSSR count). The Morgan fingerprint density at radius 3 is 2.57 bits per heavy atom. The summed E-state index contributed by atoms with van der Waals surface area (Å²) in [6, 6.07) is 6.31. The lowest BCUT2D eigenvalue weighted by atomic mass is 9.94. The fourth-order valence-corrected chi connectivity index (χ4v) is 5.10. The van der Waals surface area contributed by atoms with Crippen LogP contribution in [-0.2, 0) is 19.1 Å². The Morgan fingerprint density at radius 1 is 1.16 bits per heavy atom. The molecule has 2 fully saturated rings. The lowest BCUT2D eigenvalue weighted by Crippen LogP contribution is -2.38. The Hall–Kier alpha value is -3.63. The molecule has 0 aliphatic carbocycles. The summed E-state index contributed by atoms with van der Waals surface area (Å²) < 4.78 is 15.6. The van der Waals surface area contributed by atoms with E-state index in [2.05, 4.69) is 9.88 Å². The van der Waals surface area contributed by atoms with Crippen LogP contribution >= 0.6 is 0 Å².